The molecule has 1 aliphatic carbocycles. The molecule has 0 unspecified atom stereocenters. The summed E-state index contributed by atoms with van der Waals surface area (Å²) in [6, 6.07) is 8.72. The van der Waals surface area contributed by atoms with Crippen molar-refractivity contribution in [3.63, 3.8) is 0 Å². The van der Waals surface area contributed by atoms with Gasteiger partial charge in [0.05, 0.1) is 12.7 Å². The van der Waals surface area contributed by atoms with Crippen molar-refractivity contribution >= 4 is 10.8 Å². The van der Waals surface area contributed by atoms with Gasteiger partial charge in [0, 0.05) is 47.6 Å². The van der Waals surface area contributed by atoms with Crippen LogP contribution in [0.4, 0.5) is 13.2 Å². The summed E-state index contributed by atoms with van der Waals surface area (Å²) in [5.41, 5.74) is 0.979. The summed E-state index contributed by atoms with van der Waals surface area (Å²) in [5, 5.41) is 5.12. The highest BCUT2D eigenvalue weighted by molar-refractivity contribution is 5.84. The molecule has 4 rings (SSSR count). The maximum Gasteiger partial charge on any atom is 0.131 e. The monoisotopic (exact) mass is 372 g/mol. The Hall–Kier alpha value is -2.44. The highest BCUT2D eigenvalue weighted by atomic mass is 19.1. The van der Waals surface area contributed by atoms with Crippen molar-refractivity contribution in [2.24, 2.45) is 0 Å². The minimum Gasteiger partial charge on any atom is -0.373 e. The van der Waals surface area contributed by atoms with Crippen LogP contribution in [0, 0.1) is 17.5 Å². The Bertz CT molecular complexity index is 957. The number of hydrogen-bond donors (Lipinski definition) is 1. The molecule has 3 aromatic rings. The maximum atomic E-state index is 14.2. The van der Waals surface area contributed by atoms with Crippen LogP contribution in [-0.2, 0) is 17.9 Å². The standard InChI is InChI=1S/C21H19F3N2O/c22-15-3-1-14(21(24)7-15)12-27-17-8-16(9-17)26-11-19-18-5-6-25-10-13(18)2-4-20(19)23/h1-7,10,16-17,26H,8-9,11-12H2/t16-,17-. The number of halogens is 3. The average molecular weight is 372 g/mol. The minimum atomic E-state index is -0.597. The van der Waals surface area contributed by atoms with Crippen LogP contribution in [0.15, 0.2) is 48.8 Å². The zero-order valence-corrected chi connectivity index (χ0v) is 14.6. The van der Waals surface area contributed by atoms with Gasteiger partial charge in [-0.25, -0.2) is 13.2 Å². The van der Waals surface area contributed by atoms with Gasteiger partial charge in [-0.2, -0.15) is 0 Å². The first-order chi connectivity index (χ1) is 13.1. The summed E-state index contributed by atoms with van der Waals surface area (Å²) in [5.74, 6) is -1.43. The number of fused-ring (bicyclic) bond motifs is 1. The quantitative estimate of drug-likeness (QED) is 0.692. The average Bonchev–Trinajstić information content (AvgIpc) is 2.63. The van der Waals surface area contributed by atoms with E-state index in [0.29, 0.717) is 17.7 Å². The molecule has 0 atom stereocenters. The van der Waals surface area contributed by atoms with Crippen LogP contribution in [0.5, 0.6) is 0 Å². The largest absolute Gasteiger partial charge is 0.373 e. The number of aromatic nitrogens is 1. The van der Waals surface area contributed by atoms with Crippen molar-refractivity contribution in [3.05, 3.63) is 77.4 Å². The molecule has 0 bridgehead atoms. The first-order valence-corrected chi connectivity index (χ1v) is 8.90. The second-order valence-corrected chi connectivity index (χ2v) is 6.84. The summed E-state index contributed by atoms with van der Waals surface area (Å²) in [6.45, 7) is 0.547. The van der Waals surface area contributed by atoms with Crippen molar-refractivity contribution in [1.29, 1.82) is 0 Å². The molecule has 0 radical (unpaired) electrons. The molecule has 1 N–H and O–H groups in total. The van der Waals surface area contributed by atoms with Gasteiger partial charge in [0.15, 0.2) is 0 Å². The molecular weight excluding hydrogens is 353 g/mol. The second kappa shape index (κ2) is 7.66. The predicted octanol–water partition coefficient (Wildman–Crippen LogP) is 4.49. The summed E-state index contributed by atoms with van der Waals surface area (Å²) in [4.78, 5) is 4.07. The van der Waals surface area contributed by atoms with Crippen LogP contribution >= 0.6 is 0 Å². The lowest BCUT2D eigenvalue weighted by atomic mass is 9.89. The number of hydrogen-bond acceptors (Lipinski definition) is 3. The first kappa shape index (κ1) is 17.9. The molecule has 0 aliphatic heterocycles. The lowest BCUT2D eigenvalue weighted by Gasteiger charge is -2.36. The third kappa shape index (κ3) is 3.96. The lowest BCUT2D eigenvalue weighted by molar-refractivity contribution is -0.0278. The van der Waals surface area contributed by atoms with Crippen LogP contribution in [0.2, 0.25) is 0 Å². The Kier molecular flexibility index (Phi) is 5.09. The maximum absolute atomic E-state index is 14.2. The van der Waals surface area contributed by atoms with E-state index in [2.05, 4.69) is 10.3 Å². The molecule has 0 saturated heterocycles. The number of ether oxygens (including phenoxy) is 1. The van der Waals surface area contributed by atoms with Crippen LogP contribution in [0.1, 0.15) is 24.0 Å². The fraction of sp³-hybridized carbons (Fsp3) is 0.286. The summed E-state index contributed by atoms with van der Waals surface area (Å²) >= 11 is 0. The van der Waals surface area contributed by atoms with Gasteiger partial charge in [0.2, 0.25) is 0 Å². The predicted molar refractivity (Wildman–Crippen MR) is 96.5 cm³/mol. The smallest absolute Gasteiger partial charge is 0.131 e. The molecule has 1 saturated carbocycles. The van der Waals surface area contributed by atoms with Crippen molar-refractivity contribution in [2.75, 3.05) is 0 Å². The van der Waals surface area contributed by atoms with E-state index in [-0.39, 0.29) is 24.6 Å². The topological polar surface area (TPSA) is 34.1 Å². The van der Waals surface area contributed by atoms with Crippen LogP contribution in [-0.4, -0.2) is 17.1 Å². The van der Waals surface area contributed by atoms with Crippen molar-refractivity contribution in [2.45, 2.75) is 38.1 Å². The zero-order valence-electron chi connectivity index (χ0n) is 14.6. The Balaban J connectivity index is 1.28. The molecule has 0 spiro atoms. The molecule has 1 aromatic heterocycles. The lowest BCUT2D eigenvalue weighted by Crippen LogP contribution is -2.45. The van der Waals surface area contributed by atoms with E-state index in [9.17, 15) is 13.2 Å². The molecule has 1 fully saturated rings. The van der Waals surface area contributed by atoms with Crippen LogP contribution < -0.4 is 5.32 Å². The molecule has 140 valence electrons. The Labute approximate surface area is 155 Å². The number of benzene rings is 2. The van der Waals surface area contributed by atoms with Gasteiger partial charge in [-0.3, -0.25) is 4.98 Å². The van der Waals surface area contributed by atoms with Gasteiger partial charge in [0.1, 0.15) is 17.5 Å². The zero-order chi connectivity index (χ0) is 18.8. The molecular formula is C21H19F3N2O. The highest BCUT2D eigenvalue weighted by Crippen LogP contribution is 2.27. The second-order valence-electron chi connectivity index (χ2n) is 6.84. The van der Waals surface area contributed by atoms with Gasteiger partial charge in [-0.1, -0.05) is 6.07 Å². The van der Waals surface area contributed by atoms with E-state index in [4.69, 9.17) is 4.74 Å². The molecule has 3 nitrogen and oxygen atoms in total. The molecule has 0 amide bonds. The van der Waals surface area contributed by atoms with Crippen molar-refractivity contribution < 1.29 is 17.9 Å². The number of pyridine rings is 1. The van der Waals surface area contributed by atoms with Gasteiger partial charge < -0.3 is 10.1 Å². The number of rotatable bonds is 6. The van der Waals surface area contributed by atoms with Gasteiger partial charge >= 0.3 is 0 Å². The molecule has 1 heterocycles. The van der Waals surface area contributed by atoms with Crippen molar-refractivity contribution in [3.8, 4) is 0 Å². The number of nitrogens with zero attached hydrogens (tertiary/aromatic N) is 1. The first-order valence-electron chi connectivity index (χ1n) is 8.90. The summed E-state index contributed by atoms with van der Waals surface area (Å²) in [7, 11) is 0. The van der Waals surface area contributed by atoms with E-state index >= 15 is 0 Å². The van der Waals surface area contributed by atoms with E-state index in [1.165, 1.54) is 18.2 Å². The molecule has 1 aliphatic rings. The van der Waals surface area contributed by atoms with Crippen molar-refractivity contribution in [1.82, 2.24) is 10.3 Å². The van der Waals surface area contributed by atoms with E-state index < -0.39 is 11.6 Å². The fourth-order valence-electron chi connectivity index (χ4n) is 3.35. The third-order valence-electron chi connectivity index (χ3n) is 5.03. The summed E-state index contributed by atoms with van der Waals surface area (Å²) in [6.07, 6.45) is 4.95. The summed E-state index contributed by atoms with van der Waals surface area (Å²) < 4.78 is 46.4. The van der Waals surface area contributed by atoms with E-state index in [0.717, 1.165) is 29.7 Å². The van der Waals surface area contributed by atoms with Crippen LogP contribution in [0.25, 0.3) is 10.8 Å². The fourth-order valence-corrected chi connectivity index (χ4v) is 3.35. The van der Waals surface area contributed by atoms with Gasteiger partial charge in [-0.05, 0) is 42.5 Å². The van der Waals surface area contributed by atoms with E-state index in [1.807, 2.05) is 6.07 Å². The Morgan fingerprint density at radius 3 is 2.70 bits per heavy atom. The third-order valence-corrected chi connectivity index (χ3v) is 5.03. The Morgan fingerprint density at radius 1 is 1.04 bits per heavy atom. The molecule has 27 heavy (non-hydrogen) atoms. The minimum absolute atomic E-state index is 0.0218. The highest BCUT2D eigenvalue weighted by Gasteiger charge is 2.30. The van der Waals surface area contributed by atoms with Gasteiger partial charge in [-0.15, -0.1) is 0 Å². The SMILES string of the molecule is Fc1ccc(CO[C@H]2C[C@H](NCc3c(F)ccc4cnccc34)C2)c(F)c1. The molecule has 6 heteroatoms. The Morgan fingerprint density at radius 2 is 1.89 bits per heavy atom. The van der Waals surface area contributed by atoms with E-state index in [1.54, 1.807) is 18.5 Å². The normalized spacial score (nSPS) is 19.2. The van der Waals surface area contributed by atoms with Crippen LogP contribution in [0.3, 0.4) is 0 Å². The molecule has 2 aromatic carbocycles. The number of nitrogens with one attached hydrogen (secondary N) is 1. The van der Waals surface area contributed by atoms with Gasteiger partial charge in [0.25, 0.3) is 0 Å².